The second kappa shape index (κ2) is 5.60. The summed E-state index contributed by atoms with van der Waals surface area (Å²) in [7, 11) is 2.12. The van der Waals surface area contributed by atoms with Gasteiger partial charge in [-0.2, -0.15) is 0 Å². The first-order valence-corrected chi connectivity index (χ1v) is 7.14. The third-order valence-corrected chi connectivity index (χ3v) is 4.36. The monoisotopic (exact) mass is 278 g/mol. The number of likely N-dealkylation sites (N-methyl/N-ethyl adjacent to an activating group) is 1. The van der Waals surface area contributed by atoms with Crippen LogP contribution in [0.25, 0.3) is 0 Å². The van der Waals surface area contributed by atoms with Crippen LogP contribution in [0.4, 0.5) is 0 Å². The van der Waals surface area contributed by atoms with Crippen LogP contribution in [0, 0.1) is 0 Å². The SMILES string of the molecule is CC1OCCC1N(C)C(CN)c1ccc2c(c1)OCO2. The van der Waals surface area contributed by atoms with Crippen molar-refractivity contribution in [3.8, 4) is 11.5 Å². The summed E-state index contributed by atoms with van der Waals surface area (Å²) in [4.78, 5) is 2.33. The molecule has 0 bridgehead atoms. The molecule has 3 rings (SSSR count). The molecule has 0 spiro atoms. The largest absolute Gasteiger partial charge is 0.454 e. The molecule has 2 N–H and O–H groups in total. The van der Waals surface area contributed by atoms with Gasteiger partial charge in [0.2, 0.25) is 6.79 Å². The zero-order chi connectivity index (χ0) is 14.1. The lowest BCUT2D eigenvalue weighted by Gasteiger charge is -2.34. The van der Waals surface area contributed by atoms with Gasteiger partial charge in [-0.15, -0.1) is 0 Å². The van der Waals surface area contributed by atoms with Crippen molar-refractivity contribution < 1.29 is 14.2 Å². The van der Waals surface area contributed by atoms with E-state index in [-0.39, 0.29) is 12.1 Å². The Balaban J connectivity index is 1.82. The van der Waals surface area contributed by atoms with Crippen molar-refractivity contribution in [1.29, 1.82) is 0 Å². The van der Waals surface area contributed by atoms with Crippen LogP contribution in [0.2, 0.25) is 0 Å². The molecule has 5 heteroatoms. The summed E-state index contributed by atoms with van der Waals surface area (Å²) in [6.45, 7) is 3.82. The van der Waals surface area contributed by atoms with Gasteiger partial charge in [0.25, 0.3) is 0 Å². The fourth-order valence-electron chi connectivity index (χ4n) is 3.14. The molecule has 1 aromatic carbocycles. The molecule has 0 radical (unpaired) electrons. The Kier molecular flexibility index (Phi) is 3.83. The van der Waals surface area contributed by atoms with Crippen molar-refractivity contribution >= 4 is 0 Å². The Morgan fingerprint density at radius 1 is 1.35 bits per heavy atom. The van der Waals surface area contributed by atoms with E-state index in [2.05, 4.69) is 24.9 Å². The Labute approximate surface area is 119 Å². The highest BCUT2D eigenvalue weighted by Crippen LogP contribution is 2.36. The number of benzene rings is 1. The number of nitrogens with zero attached hydrogens (tertiary/aromatic N) is 1. The second-order valence-electron chi connectivity index (χ2n) is 5.46. The first-order valence-electron chi connectivity index (χ1n) is 7.14. The lowest BCUT2D eigenvalue weighted by molar-refractivity contribution is 0.0686. The molecule has 5 nitrogen and oxygen atoms in total. The van der Waals surface area contributed by atoms with Gasteiger partial charge >= 0.3 is 0 Å². The summed E-state index contributed by atoms with van der Waals surface area (Å²) in [6, 6.07) is 6.65. The molecule has 110 valence electrons. The normalized spacial score (nSPS) is 26.2. The van der Waals surface area contributed by atoms with E-state index in [4.69, 9.17) is 19.9 Å². The molecule has 2 heterocycles. The number of ether oxygens (including phenoxy) is 3. The number of rotatable bonds is 4. The minimum Gasteiger partial charge on any atom is -0.454 e. The van der Waals surface area contributed by atoms with Crippen LogP contribution in [-0.2, 0) is 4.74 Å². The third-order valence-electron chi connectivity index (χ3n) is 4.36. The Hall–Kier alpha value is -1.30. The van der Waals surface area contributed by atoms with Crippen LogP contribution in [0.1, 0.15) is 24.9 Å². The van der Waals surface area contributed by atoms with Crippen LogP contribution in [0.3, 0.4) is 0 Å². The van der Waals surface area contributed by atoms with Crippen LogP contribution in [0.15, 0.2) is 18.2 Å². The fourth-order valence-corrected chi connectivity index (χ4v) is 3.14. The summed E-state index contributed by atoms with van der Waals surface area (Å²) >= 11 is 0. The molecular weight excluding hydrogens is 256 g/mol. The molecule has 0 amide bonds. The summed E-state index contributed by atoms with van der Waals surface area (Å²) in [5.41, 5.74) is 7.17. The second-order valence-corrected chi connectivity index (χ2v) is 5.46. The predicted molar refractivity (Wildman–Crippen MR) is 75.9 cm³/mol. The van der Waals surface area contributed by atoms with Crippen molar-refractivity contribution in [2.24, 2.45) is 5.73 Å². The Morgan fingerprint density at radius 3 is 2.85 bits per heavy atom. The number of nitrogens with two attached hydrogens (primary N) is 1. The van der Waals surface area contributed by atoms with Gasteiger partial charge in [-0.25, -0.2) is 0 Å². The maximum atomic E-state index is 6.01. The maximum absolute atomic E-state index is 6.01. The molecule has 1 fully saturated rings. The zero-order valence-electron chi connectivity index (χ0n) is 12.0. The highest BCUT2D eigenvalue weighted by Gasteiger charge is 2.32. The molecule has 0 saturated carbocycles. The number of hydrogen-bond acceptors (Lipinski definition) is 5. The summed E-state index contributed by atoms with van der Waals surface area (Å²) in [5, 5.41) is 0. The lowest BCUT2D eigenvalue weighted by Crippen LogP contribution is -2.42. The standard InChI is InChI=1S/C15H22N2O3/c1-10-12(5-6-18-10)17(2)13(8-16)11-3-4-14-15(7-11)20-9-19-14/h3-4,7,10,12-13H,5-6,8-9,16H2,1-2H3. The van der Waals surface area contributed by atoms with Crippen molar-refractivity contribution in [2.75, 3.05) is 27.0 Å². The van der Waals surface area contributed by atoms with E-state index >= 15 is 0 Å². The topological polar surface area (TPSA) is 57.0 Å². The van der Waals surface area contributed by atoms with E-state index in [1.165, 1.54) is 5.56 Å². The van der Waals surface area contributed by atoms with E-state index in [1.807, 2.05) is 12.1 Å². The quantitative estimate of drug-likeness (QED) is 0.905. The summed E-state index contributed by atoms with van der Waals surface area (Å²) < 4.78 is 16.5. The first-order chi connectivity index (χ1) is 9.70. The van der Waals surface area contributed by atoms with Crippen molar-refractivity contribution in [3.63, 3.8) is 0 Å². The molecule has 3 atom stereocenters. The van der Waals surface area contributed by atoms with E-state index in [0.29, 0.717) is 19.4 Å². The molecule has 20 heavy (non-hydrogen) atoms. The highest BCUT2D eigenvalue weighted by molar-refractivity contribution is 5.45. The van der Waals surface area contributed by atoms with Gasteiger partial charge in [0.05, 0.1) is 6.10 Å². The fraction of sp³-hybridized carbons (Fsp3) is 0.600. The van der Waals surface area contributed by atoms with Gasteiger partial charge in [-0.1, -0.05) is 6.07 Å². The molecular formula is C15H22N2O3. The van der Waals surface area contributed by atoms with Crippen molar-refractivity contribution in [2.45, 2.75) is 31.5 Å². The predicted octanol–water partition coefficient (Wildman–Crippen LogP) is 1.52. The lowest BCUT2D eigenvalue weighted by atomic mass is 10.0. The van der Waals surface area contributed by atoms with E-state index in [9.17, 15) is 0 Å². The summed E-state index contributed by atoms with van der Waals surface area (Å²) in [5.74, 6) is 1.62. The van der Waals surface area contributed by atoms with Crippen LogP contribution in [0.5, 0.6) is 11.5 Å². The first kappa shape index (κ1) is 13.7. The van der Waals surface area contributed by atoms with Crippen molar-refractivity contribution in [3.05, 3.63) is 23.8 Å². The summed E-state index contributed by atoms with van der Waals surface area (Å²) in [6.07, 6.45) is 1.31. The van der Waals surface area contributed by atoms with E-state index in [1.54, 1.807) is 0 Å². The molecule has 0 aliphatic carbocycles. The van der Waals surface area contributed by atoms with E-state index < -0.39 is 0 Å². The highest BCUT2D eigenvalue weighted by atomic mass is 16.7. The number of fused-ring (bicyclic) bond motifs is 1. The van der Waals surface area contributed by atoms with Crippen molar-refractivity contribution in [1.82, 2.24) is 4.90 Å². The third kappa shape index (κ3) is 2.37. The average molecular weight is 278 g/mol. The number of hydrogen-bond donors (Lipinski definition) is 1. The molecule has 1 aromatic rings. The van der Waals surface area contributed by atoms with Crippen LogP contribution < -0.4 is 15.2 Å². The van der Waals surface area contributed by atoms with Crippen LogP contribution in [-0.4, -0.2) is 44.0 Å². The average Bonchev–Trinajstić information content (AvgIpc) is 3.07. The Morgan fingerprint density at radius 2 is 2.15 bits per heavy atom. The minimum absolute atomic E-state index is 0.165. The van der Waals surface area contributed by atoms with Gasteiger partial charge in [0, 0.05) is 25.2 Å². The van der Waals surface area contributed by atoms with Crippen LogP contribution >= 0.6 is 0 Å². The van der Waals surface area contributed by atoms with Gasteiger partial charge < -0.3 is 19.9 Å². The van der Waals surface area contributed by atoms with Gasteiger partial charge in [-0.3, -0.25) is 4.90 Å². The zero-order valence-corrected chi connectivity index (χ0v) is 12.0. The van der Waals surface area contributed by atoms with Gasteiger partial charge in [-0.05, 0) is 38.1 Å². The Bertz CT molecular complexity index is 480. The smallest absolute Gasteiger partial charge is 0.231 e. The molecule has 0 aromatic heterocycles. The van der Waals surface area contributed by atoms with Gasteiger partial charge in [0.1, 0.15) is 0 Å². The minimum atomic E-state index is 0.165. The molecule has 2 aliphatic rings. The molecule has 1 saturated heterocycles. The van der Waals surface area contributed by atoms with E-state index in [0.717, 1.165) is 24.5 Å². The molecule has 3 unspecified atom stereocenters. The molecule has 2 aliphatic heterocycles. The maximum Gasteiger partial charge on any atom is 0.231 e. The van der Waals surface area contributed by atoms with Gasteiger partial charge in [0.15, 0.2) is 11.5 Å².